The second-order valence-electron chi connectivity index (χ2n) is 23.3. The van der Waals surface area contributed by atoms with Crippen LogP contribution in [0.25, 0.3) is 35.4 Å². The molecule has 0 bridgehead atoms. The molecule has 0 unspecified atom stereocenters. The van der Waals surface area contributed by atoms with Gasteiger partial charge >= 0.3 is 0 Å². The van der Waals surface area contributed by atoms with E-state index in [2.05, 4.69) is 420 Å². The Morgan fingerprint density at radius 2 is 0.355 bits per heavy atom. The molecule has 1 aliphatic carbocycles. The zero-order chi connectivity index (χ0) is 62.2. The molecule has 0 fully saturated rings. The minimum atomic E-state index is -0.774. The molecular formula is C89H66N4. The Labute approximate surface area is 546 Å². The van der Waals surface area contributed by atoms with Gasteiger partial charge < -0.3 is 19.6 Å². The van der Waals surface area contributed by atoms with Gasteiger partial charge in [0, 0.05) is 68.2 Å². The zero-order valence-corrected chi connectivity index (χ0v) is 51.4. The number of benzene rings is 14. The van der Waals surface area contributed by atoms with E-state index in [1.165, 1.54) is 33.4 Å². The second-order valence-corrected chi connectivity index (χ2v) is 23.3. The van der Waals surface area contributed by atoms with E-state index in [0.29, 0.717) is 0 Å². The van der Waals surface area contributed by atoms with E-state index >= 15 is 0 Å². The van der Waals surface area contributed by atoms with Crippen molar-refractivity contribution in [2.45, 2.75) is 5.41 Å². The lowest BCUT2D eigenvalue weighted by Crippen LogP contribution is -2.29. The van der Waals surface area contributed by atoms with Gasteiger partial charge in [-0.1, -0.05) is 243 Å². The van der Waals surface area contributed by atoms with Crippen molar-refractivity contribution in [1.82, 2.24) is 0 Å². The number of fused-ring (bicyclic) bond motifs is 3. The average molecular weight is 1190 g/mol. The molecule has 0 spiro atoms. The zero-order valence-electron chi connectivity index (χ0n) is 51.4. The quantitative estimate of drug-likeness (QED) is 0.0794. The Morgan fingerprint density at radius 3 is 0.581 bits per heavy atom. The van der Waals surface area contributed by atoms with E-state index < -0.39 is 5.41 Å². The van der Waals surface area contributed by atoms with Crippen LogP contribution in [0.1, 0.15) is 44.5 Å². The summed E-state index contributed by atoms with van der Waals surface area (Å²) in [6, 6.07) is 136. The maximum atomic E-state index is 2.44. The van der Waals surface area contributed by atoms with Crippen LogP contribution in [0.15, 0.2) is 376 Å². The average Bonchev–Trinajstić information content (AvgIpc) is 1.56. The Bertz CT molecular complexity index is 4360. The highest BCUT2D eigenvalue weighted by molar-refractivity contribution is 5.91. The summed E-state index contributed by atoms with van der Waals surface area (Å²) in [6.45, 7) is 0. The van der Waals surface area contributed by atoms with Gasteiger partial charge in [0.15, 0.2) is 0 Å². The van der Waals surface area contributed by atoms with Crippen LogP contribution in [0.4, 0.5) is 68.2 Å². The molecule has 1 aliphatic rings. The summed E-state index contributed by atoms with van der Waals surface area (Å²) in [6.07, 6.45) is 9.03. The number of nitrogens with zero attached hydrogens (tertiary/aromatic N) is 4. The molecule has 0 atom stereocenters. The van der Waals surface area contributed by atoms with Crippen LogP contribution in [-0.2, 0) is 5.41 Å². The molecule has 0 saturated heterocycles. The Kier molecular flexibility index (Phi) is 16.0. The first-order valence-corrected chi connectivity index (χ1v) is 31.8. The lowest BCUT2D eigenvalue weighted by molar-refractivity contribution is 0.768. The molecular weight excluding hydrogens is 1130 g/mol. The smallest absolute Gasteiger partial charge is 0.0714 e. The molecule has 0 amide bonds. The second kappa shape index (κ2) is 26.1. The third kappa shape index (κ3) is 11.6. The fourth-order valence-corrected chi connectivity index (χ4v) is 13.3. The molecule has 15 rings (SSSR count). The number of rotatable bonds is 18. The van der Waals surface area contributed by atoms with Crippen LogP contribution < -0.4 is 19.6 Å². The minimum Gasteiger partial charge on any atom is -0.311 e. The van der Waals surface area contributed by atoms with E-state index in [1.807, 2.05) is 0 Å². The van der Waals surface area contributed by atoms with Crippen LogP contribution >= 0.6 is 0 Å². The highest BCUT2D eigenvalue weighted by atomic mass is 15.2. The number of hydrogen-bond acceptors (Lipinski definition) is 4. The molecule has 0 saturated carbocycles. The molecule has 4 nitrogen and oxygen atoms in total. The number of hydrogen-bond donors (Lipinski definition) is 0. The molecule has 0 aromatic heterocycles. The van der Waals surface area contributed by atoms with Crippen molar-refractivity contribution in [3.63, 3.8) is 0 Å². The summed E-state index contributed by atoms with van der Waals surface area (Å²) in [7, 11) is 0. The van der Waals surface area contributed by atoms with E-state index in [-0.39, 0.29) is 0 Å². The molecule has 0 N–H and O–H groups in total. The minimum absolute atomic E-state index is 0.774. The van der Waals surface area contributed by atoms with Gasteiger partial charge in [-0.05, 0) is 213 Å². The van der Waals surface area contributed by atoms with Crippen molar-refractivity contribution in [3.05, 3.63) is 421 Å². The molecule has 0 radical (unpaired) electrons. The van der Waals surface area contributed by atoms with Crippen molar-refractivity contribution in [3.8, 4) is 11.1 Å². The van der Waals surface area contributed by atoms with Crippen molar-refractivity contribution >= 4 is 92.6 Å². The predicted octanol–water partition coefficient (Wildman–Crippen LogP) is 24.3. The fourth-order valence-electron chi connectivity index (χ4n) is 13.3. The Hall–Kier alpha value is -12.2. The number of anilines is 12. The van der Waals surface area contributed by atoms with E-state index in [4.69, 9.17) is 0 Å². The van der Waals surface area contributed by atoms with Gasteiger partial charge in [-0.2, -0.15) is 0 Å². The third-order valence-corrected chi connectivity index (χ3v) is 17.7. The van der Waals surface area contributed by atoms with Gasteiger partial charge in [-0.15, -0.1) is 0 Å². The third-order valence-electron chi connectivity index (χ3n) is 17.7. The van der Waals surface area contributed by atoms with Crippen LogP contribution in [0.2, 0.25) is 0 Å². The van der Waals surface area contributed by atoms with Gasteiger partial charge in [0.05, 0.1) is 5.41 Å². The fraction of sp³-hybridized carbons (Fsp3) is 0.0112. The Balaban J connectivity index is 0.873. The maximum Gasteiger partial charge on any atom is 0.0714 e. The van der Waals surface area contributed by atoms with E-state index in [0.717, 1.165) is 90.5 Å². The van der Waals surface area contributed by atoms with Gasteiger partial charge in [0.25, 0.3) is 0 Å². The first-order valence-electron chi connectivity index (χ1n) is 31.8. The van der Waals surface area contributed by atoms with Gasteiger partial charge in [0.2, 0.25) is 0 Å². The molecule has 14 aromatic rings. The highest BCUT2D eigenvalue weighted by Crippen LogP contribution is 2.57. The molecule has 442 valence electrons. The summed E-state index contributed by atoms with van der Waals surface area (Å²) >= 11 is 0. The molecule has 14 aromatic carbocycles. The molecule has 4 heteroatoms. The summed E-state index contributed by atoms with van der Waals surface area (Å²) in [5.41, 5.74) is 24.0. The molecule has 93 heavy (non-hydrogen) atoms. The topological polar surface area (TPSA) is 13.0 Å². The van der Waals surface area contributed by atoms with Crippen molar-refractivity contribution in [1.29, 1.82) is 0 Å². The molecule has 0 aliphatic heterocycles. The summed E-state index contributed by atoms with van der Waals surface area (Å²) < 4.78 is 0. The van der Waals surface area contributed by atoms with Crippen molar-refractivity contribution in [2.24, 2.45) is 0 Å². The van der Waals surface area contributed by atoms with Gasteiger partial charge in [0.1, 0.15) is 0 Å². The standard InChI is InChI=1S/C89H66N4/c1-9-25-73(26-10-1)90(74-27-11-2-12-28-74)81-55-45-67(46-56-81)41-43-69-49-63-85-86-64-50-70(44-42-68-47-57-82(58-48-68)91(75-29-13-3-14-30-75)76-31-15-4-16-32-76)66-88(86)89(87(85)65-69,71-51-59-83(60-52-71)92(77-33-17-5-18-34-77)78-35-19-6-20-36-78)72-53-61-84(62-54-72)93(79-37-21-7-22-38-79)80-39-23-8-24-40-80/h1-66H/b43-41+,44-42+. The van der Waals surface area contributed by atoms with Crippen molar-refractivity contribution < 1.29 is 0 Å². The first-order chi connectivity index (χ1) is 46.1. The van der Waals surface area contributed by atoms with E-state index in [9.17, 15) is 0 Å². The van der Waals surface area contributed by atoms with Gasteiger partial charge in [-0.25, -0.2) is 0 Å². The first kappa shape index (κ1) is 57.2. The summed E-state index contributed by atoms with van der Waals surface area (Å²) in [4.78, 5) is 9.29. The normalized spacial score (nSPS) is 12.1. The molecule has 0 heterocycles. The van der Waals surface area contributed by atoms with Crippen LogP contribution in [0.5, 0.6) is 0 Å². The van der Waals surface area contributed by atoms with Crippen LogP contribution in [0, 0.1) is 0 Å². The highest BCUT2D eigenvalue weighted by Gasteiger charge is 2.46. The summed E-state index contributed by atoms with van der Waals surface area (Å²) in [5, 5.41) is 0. The van der Waals surface area contributed by atoms with E-state index in [1.54, 1.807) is 0 Å². The SMILES string of the molecule is C(=C\c1ccc2c(c1)C(c1ccc(N(c3ccccc3)c3ccccc3)cc1)(c1ccc(N(c3ccccc3)c3ccccc3)cc1)c1cc(/C=C/c3ccc(N(c4ccccc4)c4ccccc4)cc3)ccc1-2)/c1ccc(N(c2ccccc2)c2ccccc2)cc1. The lowest BCUT2D eigenvalue weighted by Gasteiger charge is -2.35. The maximum absolute atomic E-state index is 2.44. The number of para-hydroxylation sites is 8. The largest absolute Gasteiger partial charge is 0.311 e. The predicted molar refractivity (Wildman–Crippen MR) is 393 cm³/mol. The van der Waals surface area contributed by atoms with Gasteiger partial charge in [-0.3, -0.25) is 0 Å². The van der Waals surface area contributed by atoms with Crippen LogP contribution in [-0.4, -0.2) is 0 Å². The lowest BCUT2D eigenvalue weighted by atomic mass is 9.67. The van der Waals surface area contributed by atoms with Crippen LogP contribution in [0.3, 0.4) is 0 Å². The monoisotopic (exact) mass is 1190 g/mol. The summed E-state index contributed by atoms with van der Waals surface area (Å²) in [5.74, 6) is 0. The Morgan fingerprint density at radius 1 is 0.172 bits per heavy atom. The van der Waals surface area contributed by atoms with Crippen molar-refractivity contribution in [2.75, 3.05) is 19.6 Å².